The lowest BCUT2D eigenvalue weighted by Gasteiger charge is -2.17. The number of urea groups is 1. The van der Waals surface area contributed by atoms with Crippen LogP contribution in [0.15, 0.2) is 48.7 Å². The van der Waals surface area contributed by atoms with Crippen molar-refractivity contribution in [2.45, 2.75) is 25.4 Å². The first kappa shape index (κ1) is 19.9. The summed E-state index contributed by atoms with van der Waals surface area (Å²) >= 11 is 0. The number of para-hydroxylation sites is 1. The normalized spacial score (nSPS) is 18.2. The molecule has 9 heteroatoms. The third-order valence-corrected chi connectivity index (χ3v) is 5.78. The number of H-pyrrole nitrogens is 1. The van der Waals surface area contributed by atoms with Crippen LogP contribution in [0.5, 0.6) is 11.5 Å². The second-order valence-corrected chi connectivity index (χ2v) is 7.89. The highest BCUT2D eigenvalue weighted by molar-refractivity contribution is 6.06. The number of nitrogens with one attached hydrogen (secondary N) is 3. The monoisotopic (exact) mass is 434 g/mol. The number of carbonyl (C=O) groups excluding carboxylic acids is 3. The lowest BCUT2D eigenvalue weighted by Crippen LogP contribution is -2.42. The van der Waals surface area contributed by atoms with Gasteiger partial charge in [-0.25, -0.2) is 4.79 Å². The number of nitrogens with zero attached hydrogens (tertiary/aromatic N) is 1. The molecule has 2 aliphatic heterocycles. The smallest absolute Gasteiger partial charge is 0.325 e. The van der Waals surface area contributed by atoms with Gasteiger partial charge in [-0.05, 0) is 36.2 Å². The zero-order chi connectivity index (χ0) is 22.2. The topological polar surface area (TPSA) is 113 Å². The molecular formula is C23H22N4O5. The van der Waals surface area contributed by atoms with Gasteiger partial charge < -0.3 is 25.1 Å². The van der Waals surface area contributed by atoms with Crippen molar-refractivity contribution >= 4 is 28.7 Å². The van der Waals surface area contributed by atoms with E-state index in [1.54, 1.807) is 12.1 Å². The van der Waals surface area contributed by atoms with Gasteiger partial charge in [0.1, 0.15) is 12.6 Å². The van der Waals surface area contributed by atoms with Crippen LogP contribution >= 0.6 is 0 Å². The molecule has 1 fully saturated rings. The fraction of sp³-hybridized carbons (Fsp3) is 0.261. The number of ether oxygens (including phenoxy) is 2. The summed E-state index contributed by atoms with van der Waals surface area (Å²) in [4.78, 5) is 41.9. The van der Waals surface area contributed by atoms with Crippen molar-refractivity contribution in [2.75, 3.05) is 13.3 Å². The van der Waals surface area contributed by atoms with Crippen LogP contribution < -0.4 is 20.1 Å². The molecule has 1 aromatic heterocycles. The molecule has 1 saturated heterocycles. The molecule has 3 aromatic rings. The zero-order valence-corrected chi connectivity index (χ0v) is 17.4. The van der Waals surface area contributed by atoms with E-state index in [4.69, 9.17) is 9.47 Å². The van der Waals surface area contributed by atoms with Crippen molar-refractivity contribution in [1.82, 2.24) is 20.5 Å². The molecular weight excluding hydrogens is 412 g/mol. The van der Waals surface area contributed by atoms with Gasteiger partial charge >= 0.3 is 6.03 Å². The van der Waals surface area contributed by atoms with Crippen LogP contribution in [-0.4, -0.2) is 47.1 Å². The third kappa shape index (κ3) is 3.62. The third-order valence-electron chi connectivity index (χ3n) is 5.78. The molecule has 2 aliphatic rings. The molecule has 4 amide bonds. The molecule has 0 spiro atoms. The van der Waals surface area contributed by atoms with Crippen LogP contribution in [0.3, 0.4) is 0 Å². The summed E-state index contributed by atoms with van der Waals surface area (Å²) in [7, 11) is 0. The van der Waals surface area contributed by atoms with Crippen molar-refractivity contribution in [2.24, 2.45) is 0 Å². The van der Waals surface area contributed by atoms with Crippen LogP contribution in [0, 0.1) is 0 Å². The minimum atomic E-state index is -0.708. The highest BCUT2D eigenvalue weighted by Crippen LogP contribution is 2.34. The molecule has 9 nitrogen and oxygen atoms in total. The molecule has 2 atom stereocenters. The van der Waals surface area contributed by atoms with Crippen LogP contribution in [0.25, 0.3) is 10.9 Å². The van der Waals surface area contributed by atoms with Gasteiger partial charge in [0, 0.05) is 23.5 Å². The summed E-state index contributed by atoms with van der Waals surface area (Å²) in [6, 6.07) is 11.6. The van der Waals surface area contributed by atoms with E-state index in [1.807, 2.05) is 43.5 Å². The van der Waals surface area contributed by atoms with E-state index in [0.717, 1.165) is 26.9 Å². The molecule has 0 unspecified atom stereocenters. The number of fused-ring (bicyclic) bond motifs is 2. The molecule has 0 saturated carbocycles. The maximum Gasteiger partial charge on any atom is 0.325 e. The molecule has 0 aliphatic carbocycles. The Hall–Kier alpha value is -4.01. The van der Waals surface area contributed by atoms with Crippen molar-refractivity contribution in [3.63, 3.8) is 0 Å². The Morgan fingerprint density at radius 2 is 2.00 bits per heavy atom. The molecule has 0 bridgehead atoms. The van der Waals surface area contributed by atoms with Gasteiger partial charge in [-0.3, -0.25) is 14.5 Å². The Kier molecular flexibility index (Phi) is 4.93. The van der Waals surface area contributed by atoms with Crippen LogP contribution in [-0.2, 0) is 16.0 Å². The van der Waals surface area contributed by atoms with Gasteiger partial charge in [-0.2, -0.15) is 0 Å². The van der Waals surface area contributed by atoms with Gasteiger partial charge in [0.15, 0.2) is 11.5 Å². The van der Waals surface area contributed by atoms with Crippen molar-refractivity contribution in [1.29, 1.82) is 0 Å². The summed E-state index contributed by atoms with van der Waals surface area (Å²) in [5, 5.41) is 6.52. The van der Waals surface area contributed by atoms with E-state index in [-0.39, 0.29) is 19.4 Å². The number of aromatic nitrogens is 1. The molecule has 5 rings (SSSR count). The van der Waals surface area contributed by atoms with E-state index in [9.17, 15) is 14.4 Å². The van der Waals surface area contributed by atoms with Gasteiger partial charge in [0.2, 0.25) is 12.7 Å². The number of hydrogen-bond donors (Lipinski definition) is 3. The van der Waals surface area contributed by atoms with E-state index < -0.39 is 23.9 Å². The van der Waals surface area contributed by atoms with Crippen LogP contribution in [0.4, 0.5) is 4.79 Å². The SMILES string of the molecule is C[C@@H](NC(=O)CN1C(=O)N[C@@H](Cc2c[nH]c3ccccc23)C1=O)c1ccc2c(c1)OCO2. The number of carbonyl (C=O) groups is 3. The number of amides is 4. The molecule has 3 N–H and O–H groups in total. The predicted molar refractivity (Wildman–Crippen MR) is 115 cm³/mol. The maximum atomic E-state index is 12.8. The average molecular weight is 434 g/mol. The zero-order valence-electron chi connectivity index (χ0n) is 17.4. The maximum absolute atomic E-state index is 12.8. The summed E-state index contributed by atoms with van der Waals surface area (Å²) in [5.41, 5.74) is 2.73. The second-order valence-electron chi connectivity index (χ2n) is 7.89. The Balaban J connectivity index is 1.22. The Morgan fingerprint density at radius 3 is 2.88 bits per heavy atom. The number of benzene rings is 2. The number of hydrogen-bond acceptors (Lipinski definition) is 5. The van der Waals surface area contributed by atoms with Crippen molar-refractivity contribution in [3.05, 3.63) is 59.8 Å². The van der Waals surface area contributed by atoms with Crippen molar-refractivity contribution in [3.8, 4) is 11.5 Å². The molecule has 3 heterocycles. The van der Waals surface area contributed by atoms with Crippen molar-refractivity contribution < 1.29 is 23.9 Å². The number of aromatic amines is 1. The highest BCUT2D eigenvalue weighted by Gasteiger charge is 2.39. The van der Waals surface area contributed by atoms with E-state index in [2.05, 4.69) is 15.6 Å². The first-order valence-corrected chi connectivity index (χ1v) is 10.4. The quantitative estimate of drug-likeness (QED) is 0.515. The summed E-state index contributed by atoms with van der Waals surface area (Å²) in [6.45, 7) is 1.65. The molecule has 32 heavy (non-hydrogen) atoms. The average Bonchev–Trinajstić information content (AvgIpc) is 3.48. The predicted octanol–water partition coefficient (Wildman–Crippen LogP) is 2.24. The van der Waals surface area contributed by atoms with E-state index >= 15 is 0 Å². The van der Waals surface area contributed by atoms with Gasteiger partial charge in [-0.15, -0.1) is 0 Å². The Morgan fingerprint density at radius 1 is 1.19 bits per heavy atom. The second kappa shape index (κ2) is 7.92. The summed E-state index contributed by atoms with van der Waals surface area (Å²) < 4.78 is 10.7. The largest absolute Gasteiger partial charge is 0.454 e. The first-order chi connectivity index (χ1) is 15.5. The number of imide groups is 1. The lowest BCUT2D eigenvalue weighted by molar-refractivity contribution is -0.132. The summed E-state index contributed by atoms with van der Waals surface area (Å²) in [5.74, 6) is 0.447. The number of rotatable bonds is 6. The van der Waals surface area contributed by atoms with E-state index in [1.165, 1.54) is 0 Å². The van der Waals surface area contributed by atoms with Crippen LogP contribution in [0.2, 0.25) is 0 Å². The van der Waals surface area contributed by atoms with Gasteiger partial charge in [-0.1, -0.05) is 24.3 Å². The molecule has 0 radical (unpaired) electrons. The van der Waals surface area contributed by atoms with Gasteiger partial charge in [0.25, 0.3) is 5.91 Å². The fourth-order valence-electron chi connectivity index (χ4n) is 4.08. The Bertz CT molecular complexity index is 1220. The van der Waals surface area contributed by atoms with E-state index in [0.29, 0.717) is 17.9 Å². The lowest BCUT2D eigenvalue weighted by atomic mass is 10.1. The highest BCUT2D eigenvalue weighted by atomic mass is 16.7. The molecule has 2 aromatic carbocycles. The first-order valence-electron chi connectivity index (χ1n) is 10.4. The Labute approximate surface area is 183 Å². The summed E-state index contributed by atoms with van der Waals surface area (Å²) in [6.07, 6.45) is 2.19. The minimum absolute atomic E-state index is 0.172. The fourth-order valence-corrected chi connectivity index (χ4v) is 4.08. The van der Waals surface area contributed by atoms with Crippen LogP contribution in [0.1, 0.15) is 24.1 Å². The molecule has 164 valence electrons. The van der Waals surface area contributed by atoms with Gasteiger partial charge in [0.05, 0.1) is 6.04 Å². The minimum Gasteiger partial charge on any atom is -0.454 e. The standard InChI is InChI=1S/C23H22N4O5/c1-13(14-6-7-19-20(9-14)32-12-31-19)25-21(28)11-27-22(29)18(26-23(27)30)8-15-10-24-17-5-3-2-4-16(15)17/h2-7,9-10,13,18,24H,8,11-12H2,1H3,(H,25,28)(H,26,30)/t13-,18+/m1/s1.